The molecule has 2 heterocycles. The molecule has 0 radical (unpaired) electrons. The summed E-state index contributed by atoms with van der Waals surface area (Å²) in [6.45, 7) is 4.18. The first kappa shape index (κ1) is 24.9. The zero-order chi connectivity index (χ0) is 26.0. The van der Waals surface area contributed by atoms with Crippen molar-refractivity contribution in [2.75, 3.05) is 12.4 Å². The van der Waals surface area contributed by atoms with E-state index in [9.17, 15) is 23.6 Å². The molecule has 3 aromatic rings. The Balaban J connectivity index is 1.94. The summed E-state index contributed by atoms with van der Waals surface area (Å²) < 4.78 is 36.1. The molecule has 1 aliphatic rings. The molecule has 0 amide bonds. The van der Waals surface area contributed by atoms with Gasteiger partial charge in [0.1, 0.15) is 27.8 Å². The standard InChI is InChI=1S/C25H25N5O5S/c1-15(2)11-12-30-25(32)21(23(31)22(28-30)18(14-26)16-7-5-4-6-8-16)24-27-19-10-9-17(35-3)13-20(19)36(33,34)29-24/h4-10,13,15,18,31H,11-12H2,1-3H3,(H,27,29). The maximum Gasteiger partial charge on any atom is 0.286 e. The van der Waals surface area contributed by atoms with Crippen molar-refractivity contribution in [3.63, 3.8) is 0 Å². The van der Waals surface area contributed by atoms with Gasteiger partial charge in [0.15, 0.2) is 11.6 Å². The van der Waals surface area contributed by atoms with Crippen LogP contribution in [0, 0.1) is 17.2 Å². The summed E-state index contributed by atoms with van der Waals surface area (Å²) in [6.07, 6.45) is 0.597. The number of nitrogens with zero attached hydrogens (tertiary/aromatic N) is 4. The number of anilines is 1. The van der Waals surface area contributed by atoms with E-state index in [0.29, 0.717) is 17.7 Å². The fraction of sp³-hybridized carbons (Fsp3) is 0.280. The van der Waals surface area contributed by atoms with Crippen molar-refractivity contribution in [3.05, 3.63) is 75.7 Å². The number of fused-ring (bicyclic) bond motifs is 1. The Morgan fingerprint density at radius 1 is 1.19 bits per heavy atom. The number of ether oxygens (including phenoxy) is 1. The SMILES string of the molecule is COc1ccc2c(c1)S(=O)(=O)N=C(c1c(O)c(C(C#N)c3ccccc3)nn(CCC(C)C)c1=O)N2. The number of methoxy groups -OCH3 is 1. The molecule has 0 saturated heterocycles. The number of sulfonamides is 1. The van der Waals surface area contributed by atoms with E-state index in [2.05, 4.69) is 20.9 Å². The molecule has 2 N–H and O–H groups in total. The Morgan fingerprint density at radius 2 is 1.92 bits per heavy atom. The molecule has 1 aliphatic heterocycles. The fourth-order valence-electron chi connectivity index (χ4n) is 3.83. The predicted octanol–water partition coefficient (Wildman–Crippen LogP) is 3.22. The van der Waals surface area contributed by atoms with Crippen LogP contribution in [0.4, 0.5) is 5.69 Å². The highest BCUT2D eigenvalue weighted by Gasteiger charge is 2.32. The monoisotopic (exact) mass is 507 g/mol. The molecule has 1 unspecified atom stereocenters. The Bertz CT molecular complexity index is 1540. The zero-order valence-electron chi connectivity index (χ0n) is 20.0. The average molecular weight is 508 g/mol. The van der Waals surface area contributed by atoms with Gasteiger partial charge in [0.25, 0.3) is 15.6 Å². The Kier molecular flexibility index (Phi) is 6.81. The van der Waals surface area contributed by atoms with Crippen LogP contribution in [-0.2, 0) is 16.6 Å². The van der Waals surface area contributed by atoms with Crippen molar-refractivity contribution in [1.82, 2.24) is 9.78 Å². The van der Waals surface area contributed by atoms with Crippen LogP contribution in [0.1, 0.15) is 43.0 Å². The third-order valence-corrected chi connectivity index (χ3v) is 7.09. The van der Waals surface area contributed by atoms with Gasteiger partial charge in [-0.15, -0.1) is 4.40 Å². The summed E-state index contributed by atoms with van der Waals surface area (Å²) >= 11 is 0. The Labute approximate surface area is 208 Å². The van der Waals surface area contributed by atoms with Gasteiger partial charge in [-0.05, 0) is 30.0 Å². The minimum absolute atomic E-state index is 0.0653. The first-order valence-electron chi connectivity index (χ1n) is 11.2. The number of aryl methyl sites for hydroxylation is 1. The second-order valence-corrected chi connectivity index (χ2v) is 10.3. The first-order chi connectivity index (χ1) is 17.2. The van der Waals surface area contributed by atoms with Crippen molar-refractivity contribution < 1.29 is 18.3 Å². The lowest BCUT2D eigenvalue weighted by Crippen LogP contribution is -2.35. The largest absolute Gasteiger partial charge is 0.505 e. The van der Waals surface area contributed by atoms with Gasteiger partial charge >= 0.3 is 0 Å². The van der Waals surface area contributed by atoms with Crippen LogP contribution >= 0.6 is 0 Å². The number of nitrogens with one attached hydrogen (secondary N) is 1. The second-order valence-electron chi connectivity index (χ2n) is 8.69. The average Bonchev–Trinajstić information content (AvgIpc) is 2.85. The van der Waals surface area contributed by atoms with Crippen LogP contribution < -0.4 is 15.6 Å². The number of hydrogen-bond donors (Lipinski definition) is 2. The van der Waals surface area contributed by atoms with Gasteiger partial charge in [-0.25, -0.2) is 4.68 Å². The lowest BCUT2D eigenvalue weighted by atomic mass is 9.95. The lowest BCUT2D eigenvalue weighted by Gasteiger charge is -2.21. The summed E-state index contributed by atoms with van der Waals surface area (Å²) in [4.78, 5) is 13.3. The lowest BCUT2D eigenvalue weighted by molar-refractivity contribution is 0.413. The molecular formula is C25H25N5O5S. The molecule has 0 aliphatic carbocycles. The van der Waals surface area contributed by atoms with Crippen molar-refractivity contribution in [2.45, 2.75) is 37.6 Å². The molecule has 186 valence electrons. The van der Waals surface area contributed by atoms with Crippen molar-refractivity contribution in [3.8, 4) is 17.6 Å². The van der Waals surface area contributed by atoms with Crippen LogP contribution in [0.5, 0.6) is 11.5 Å². The molecule has 0 spiro atoms. The molecule has 36 heavy (non-hydrogen) atoms. The fourth-order valence-corrected chi connectivity index (χ4v) is 4.97. The van der Waals surface area contributed by atoms with Gasteiger partial charge in [0, 0.05) is 12.6 Å². The maximum absolute atomic E-state index is 13.4. The molecule has 0 saturated carbocycles. The first-order valence-corrected chi connectivity index (χ1v) is 12.7. The number of hydrogen-bond acceptors (Lipinski definition) is 8. The van der Waals surface area contributed by atoms with Gasteiger partial charge < -0.3 is 15.2 Å². The van der Waals surface area contributed by atoms with Crippen molar-refractivity contribution >= 4 is 21.5 Å². The summed E-state index contributed by atoms with van der Waals surface area (Å²) in [7, 11) is -2.82. The summed E-state index contributed by atoms with van der Waals surface area (Å²) in [6, 6.07) is 15.2. The van der Waals surface area contributed by atoms with Crippen molar-refractivity contribution in [1.29, 1.82) is 5.26 Å². The molecule has 1 atom stereocenters. The topological polar surface area (TPSA) is 147 Å². The van der Waals surface area contributed by atoms with Crippen LogP contribution in [0.25, 0.3) is 0 Å². The van der Waals surface area contributed by atoms with E-state index in [4.69, 9.17) is 4.74 Å². The van der Waals surface area contributed by atoms with E-state index >= 15 is 0 Å². The maximum atomic E-state index is 13.4. The zero-order valence-corrected chi connectivity index (χ0v) is 20.8. The number of amidine groups is 1. The number of nitriles is 1. The van der Waals surface area contributed by atoms with Gasteiger partial charge in [-0.3, -0.25) is 4.79 Å². The number of aromatic hydroxyl groups is 1. The van der Waals surface area contributed by atoms with E-state index in [1.165, 1.54) is 19.2 Å². The molecule has 1 aromatic heterocycles. The van der Waals surface area contributed by atoms with Gasteiger partial charge in [0.2, 0.25) is 0 Å². The molecule has 0 fully saturated rings. The highest BCUT2D eigenvalue weighted by molar-refractivity contribution is 7.90. The van der Waals surface area contributed by atoms with Crippen LogP contribution in [-0.4, -0.2) is 36.3 Å². The third-order valence-electron chi connectivity index (χ3n) is 5.78. The van der Waals surface area contributed by atoms with E-state index in [0.717, 1.165) is 4.68 Å². The highest BCUT2D eigenvalue weighted by Crippen LogP contribution is 2.35. The van der Waals surface area contributed by atoms with E-state index < -0.39 is 27.2 Å². The number of rotatable bonds is 7. The minimum Gasteiger partial charge on any atom is -0.505 e. The number of aromatic nitrogens is 2. The highest BCUT2D eigenvalue weighted by atomic mass is 32.2. The summed E-state index contributed by atoms with van der Waals surface area (Å²) in [5.74, 6) is -1.39. The van der Waals surface area contributed by atoms with E-state index in [1.807, 2.05) is 13.8 Å². The van der Waals surface area contributed by atoms with Gasteiger partial charge in [-0.1, -0.05) is 44.2 Å². The van der Waals surface area contributed by atoms with Crippen LogP contribution in [0.15, 0.2) is 62.6 Å². The summed E-state index contributed by atoms with van der Waals surface area (Å²) in [5.41, 5.74) is -0.424. The van der Waals surface area contributed by atoms with E-state index in [-0.39, 0.29) is 40.1 Å². The Morgan fingerprint density at radius 3 is 2.56 bits per heavy atom. The van der Waals surface area contributed by atoms with Gasteiger partial charge in [0.05, 0.1) is 18.9 Å². The quantitative estimate of drug-likeness (QED) is 0.495. The smallest absolute Gasteiger partial charge is 0.286 e. The normalized spacial score (nSPS) is 14.8. The molecule has 2 aromatic carbocycles. The molecule has 4 rings (SSSR count). The second kappa shape index (κ2) is 9.83. The number of benzene rings is 2. The van der Waals surface area contributed by atoms with Crippen LogP contribution in [0.3, 0.4) is 0 Å². The predicted molar refractivity (Wildman–Crippen MR) is 134 cm³/mol. The van der Waals surface area contributed by atoms with Crippen molar-refractivity contribution in [2.24, 2.45) is 10.3 Å². The van der Waals surface area contributed by atoms with Gasteiger partial charge in [-0.2, -0.15) is 18.8 Å². The summed E-state index contributed by atoms with van der Waals surface area (Å²) in [5, 5.41) is 28.4. The minimum atomic E-state index is -4.23. The molecule has 10 nitrogen and oxygen atoms in total. The molecule has 0 bridgehead atoms. The third kappa shape index (κ3) is 4.67. The van der Waals surface area contributed by atoms with Crippen LogP contribution in [0.2, 0.25) is 0 Å². The molecular weight excluding hydrogens is 482 g/mol. The van der Waals surface area contributed by atoms with E-state index in [1.54, 1.807) is 36.4 Å². The molecule has 11 heteroatoms. The Hall–Kier alpha value is -4.17.